The topological polar surface area (TPSA) is 40.5 Å². The minimum absolute atomic E-state index is 0.103. The number of amides is 1. The van der Waals surface area contributed by atoms with E-state index >= 15 is 0 Å². The van der Waals surface area contributed by atoms with Crippen LogP contribution >= 0.6 is 0 Å². The van der Waals surface area contributed by atoms with E-state index in [1.165, 1.54) is 0 Å². The van der Waals surface area contributed by atoms with E-state index < -0.39 is 0 Å². The van der Waals surface area contributed by atoms with Crippen molar-refractivity contribution in [3.63, 3.8) is 0 Å². The van der Waals surface area contributed by atoms with Gasteiger partial charge in [-0.2, -0.15) is 0 Å². The normalized spacial score (nSPS) is 13.2. The van der Waals surface area contributed by atoms with Crippen LogP contribution < -0.4 is 0 Å². The highest BCUT2D eigenvalue weighted by Gasteiger charge is 2.32. The van der Waals surface area contributed by atoms with Gasteiger partial charge in [-0.3, -0.25) is 4.79 Å². The lowest BCUT2D eigenvalue weighted by Crippen LogP contribution is -2.35. The van der Waals surface area contributed by atoms with Crippen LogP contribution in [0, 0.1) is 0 Å². The number of hydrogen-bond donors (Lipinski definition) is 1. The molecule has 1 amide bonds. The van der Waals surface area contributed by atoms with E-state index in [0.717, 1.165) is 22.3 Å². The molecule has 0 aliphatic carbocycles. The second-order valence-electron chi connectivity index (χ2n) is 9.82. The first kappa shape index (κ1) is 23.0. The lowest BCUT2D eigenvalue weighted by atomic mass is 9.76. The summed E-state index contributed by atoms with van der Waals surface area (Å²) in [5, 5.41) is 11.1. The average molecular weight is 396 g/mol. The smallest absolute Gasteiger partial charge is 0.234 e. The standard InChI is InChI=1S/C26H37NO2/c1-9-27(10-2)24(29)22(18-14-12-11-13-15-18)19-16-20(25(3,4)5)23(28)21(17-19)26(6,7)8/h11-17,22,28H,9-10H2,1-8H3. The van der Waals surface area contributed by atoms with Gasteiger partial charge in [-0.25, -0.2) is 0 Å². The van der Waals surface area contributed by atoms with Crippen LogP contribution in [0.15, 0.2) is 42.5 Å². The van der Waals surface area contributed by atoms with Gasteiger partial charge in [0.15, 0.2) is 0 Å². The third kappa shape index (κ3) is 5.01. The van der Waals surface area contributed by atoms with Gasteiger partial charge >= 0.3 is 0 Å². The van der Waals surface area contributed by atoms with E-state index in [9.17, 15) is 9.90 Å². The van der Waals surface area contributed by atoms with E-state index in [1.54, 1.807) is 0 Å². The first-order chi connectivity index (χ1) is 13.4. The Morgan fingerprint density at radius 2 is 1.31 bits per heavy atom. The number of phenolic OH excluding ortho intramolecular Hbond substituents is 1. The summed E-state index contributed by atoms with van der Waals surface area (Å²) >= 11 is 0. The van der Waals surface area contributed by atoms with Gasteiger partial charge in [-0.1, -0.05) is 84.0 Å². The van der Waals surface area contributed by atoms with Crippen LogP contribution in [-0.2, 0) is 15.6 Å². The number of carbonyl (C=O) groups excluding carboxylic acids is 1. The second-order valence-corrected chi connectivity index (χ2v) is 9.82. The molecule has 0 spiro atoms. The molecule has 2 rings (SSSR count). The Hall–Kier alpha value is -2.29. The zero-order valence-electron chi connectivity index (χ0n) is 19.3. The summed E-state index contributed by atoms with van der Waals surface area (Å²) in [5.74, 6) is 0.0568. The molecule has 3 heteroatoms. The first-order valence-electron chi connectivity index (χ1n) is 10.6. The molecule has 1 N–H and O–H groups in total. The summed E-state index contributed by atoms with van der Waals surface area (Å²) in [6.45, 7) is 18.0. The summed E-state index contributed by atoms with van der Waals surface area (Å²) in [6, 6.07) is 14.0. The van der Waals surface area contributed by atoms with Crippen molar-refractivity contribution in [2.45, 2.75) is 72.1 Å². The van der Waals surface area contributed by atoms with Gasteiger partial charge in [-0.05, 0) is 46.9 Å². The van der Waals surface area contributed by atoms with E-state index in [0.29, 0.717) is 18.8 Å². The van der Waals surface area contributed by atoms with Gasteiger partial charge in [0.2, 0.25) is 5.91 Å². The van der Waals surface area contributed by atoms with Gasteiger partial charge in [-0.15, -0.1) is 0 Å². The quantitative estimate of drug-likeness (QED) is 0.676. The number of rotatable bonds is 5. The Kier molecular flexibility index (Phi) is 6.82. The number of likely N-dealkylation sites (N-methyl/N-ethyl adjacent to an activating group) is 1. The van der Waals surface area contributed by atoms with Crippen molar-refractivity contribution in [3.8, 4) is 5.75 Å². The molecule has 0 saturated carbocycles. The Morgan fingerprint density at radius 1 is 0.862 bits per heavy atom. The molecule has 1 atom stereocenters. The molecule has 3 nitrogen and oxygen atoms in total. The second kappa shape index (κ2) is 8.61. The fourth-order valence-corrected chi connectivity index (χ4v) is 3.81. The maximum absolute atomic E-state index is 13.6. The van der Waals surface area contributed by atoms with Crippen LogP contribution in [0.1, 0.15) is 83.6 Å². The summed E-state index contributed by atoms with van der Waals surface area (Å²) in [7, 11) is 0. The van der Waals surface area contributed by atoms with Gasteiger partial charge in [0.25, 0.3) is 0 Å². The van der Waals surface area contributed by atoms with E-state index in [2.05, 4.69) is 41.5 Å². The van der Waals surface area contributed by atoms with Gasteiger partial charge in [0.05, 0.1) is 5.92 Å². The van der Waals surface area contributed by atoms with Crippen molar-refractivity contribution < 1.29 is 9.90 Å². The maximum atomic E-state index is 13.6. The van der Waals surface area contributed by atoms with Gasteiger partial charge in [0, 0.05) is 13.1 Å². The molecule has 0 saturated heterocycles. The van der Waals surface area contributed by atoms with Crippen molar-refractivity contribution in [1.82, 2.24) is 4.90 Å². The Balaban J connectivity index is 2.81. The number of hydrogen-bond acceptors (Lipinski definition) is 2. The van der Waals surface area contributed by atoms with Crippen molar-refractivity contribution >= 4 is 5.91 Å². The highest BCUT2D eigenvalue weighted by atomic mass is 16.3. The predicted octanol–water partition coefficient (Wildman–Crippen LogP) is 5.99. The first-order valence-corrected chi connectivity index (χ1v) is 10.6. The number of aromatic hydroxyl groups is 1. The molecule has 0 aliphatic rings. The molecule has 0 radical (unpaired) electrons. The van der Waals surface area contributed by atoms with Crippen LogP contribution in [0.2, 0.25) is 0 Å². The van der Waals surface area contributed by atoms with E-state index in [-0.39, 0.29) is 22.7 Å². The highest BCUT2D eigenvalue weighted by molar-refractivity contribution is 5.87. The minimum atomic E-state index is -0.390. The predicted molar refractivity (Wildman–Crippen MR) is 122 cm³/mol. The SMILES string of the molecule is CCN(CC)C(=O)C(c1ccccc1)c1cc(C(C)(C)C)c(O)c(C(C)(C)C)c1. The van der Waals surface area contributed by atoms with Crippen LogP contribution in [0.5, 0.6) is 5.75 Å². The number of benzene rings is 2. The van der Waals surface area contributed by atoms with Crippen molar-refractivity contribution in [3.05, 3.63) is 64.7 Å². The largest absolute Gasteiger partial charge is 0.507 e. The highest BCUT2D eigenvalue weighted by Crippen LogP contribution is 2.42. The molecule has 158 valence electrons. The molecule has 0 heterocycles. The van der Waals surface area contributed by atoms with Gasteiger partial charge in [0.1, 0.15) is 5.75 Å². The average Bonchev–Trinajstić information content (AvgIpc) is 2.63. The molecule has 0 fully saturated rings. The molecule has 0 aromatic heterocycles. The molecular formula is C26H37NO2. The molecule has 0 bridgehead atoms. The maximum Gasteiger partial charge on any atom is 0.234 e. The monoisotopic (exact) mass is 395 g/mol. The molecule has 2 aromatic rings. The minimum Gasteiger partial charge on any atom is -0.507 e. The molecule has 29 heavy (non-hydrogen) atoms. The molecular weight excluding hydrogens is 358 g/mol. The van der Waals surface area contributed by atoms with Gasteiger partial charge < -0.3 is 10.0 Å². The zero-order chi connectivity index (χ0) is 22.0. The number of nitrogens with zero attached hydrogens (tertiary/aromatic N) is 1. The lowest BCUT2D eigenvalue weighted by Gasteiger charge is -2.31. The number of phenols is 1. The fourth-order valence-electron chi connectivity index (χ4n) is 3.81. The van der Waals surface area contributed by atoms with Crippen LogP contribution in [0.3, 0.4) is 0 Å². The van der Waals surface area contributed by atoms with Crippen LogP contribution in [-0.4, -0.2) is 29.0 Å². The Labute approximate surface area is 176 Å². The summed E-state index contributed by atoms with van der Waals surface area (Å²) in [5.41, 5.74) is 3.22. The Bertz CT molecular complexity index is 802. The van der Waals surface area contributed by atoms with Crippen LogP contribution in [0.25, 0.3) is 0 Å². The van der Waals surface area contributed by atoms with Crippen molar-refractivity contribution in [2.75, 3.05) is 13.1 Å². The van der Waals surface area contributed by atoms with E-state index in [1.807, 2.05) is 61.2 Å². The summed E-state index contributed by atoms with van der Waals surface area (Å²) in [6.07, 6.45) is 0. The molecule has 1 unspecified atom stereocenters. The van der Waals surface area contributed by atoms with Crippen molar-refractivity contribution in [2.24, 2.45) is 0 Å². The fraction of sp³-hybridized carbons (Fsp3) is 0.500. The zero-order valence-corrected chi connectivity index (χ0v) is 19.3. The molecule has 0 aliphatic heterocycles. The number of carbonyl (C=O) groups is 1. The Morgan fingerprint density at radius 3 is 1.69 bits per heavy atom. The summed E-state index contributed by atoms with van der Waals surface area (Å²) < 4.78 is 0. The summed E-state index contributed by atoms with van der Waals surface area (Å²) in [4.78, 5) is 15.5. The van der Waals surface area contributed by atoms with E-state index in [4.69, 9.17) is 0 Å². The third-order valence-electron chi connectivity index (χ3n) is 5.54. The molecule has 2 aromatic carbocycles. The lowest BCUT2D eigenvalue weighted by molar-refractivity contribution is -0.131. The van der Waals surface area contributed by atoms with Crippen LogP contribution in [0.4, 0.5) is 0 Å². The van der Waals surface area contributed by atoms with Crippen molar-refractivity contribution in [1.29, 1.82) is 0 Å². The third-order valence-corrected chi connectivity index (χ3v) is 5.54.